The van der Waals surface area contributed by atoms with Gasteiger partial charge in [-0.05, 0) is 47.2 Å². The molecular formula is C11H13IN2O. The van der Waals surface area contributed by atoms with Crippen LogP contribution in [0.5, 0.6) is 0 Å². The summed E-state index contributed by atoms with van der Waals surface area (Å²) in [6, 6.07) is 8.13. The van der Waals surface area contributed by atoms with Crippen LogP contribution in [-0.4, -0.2) is 18.7 Å². The standard InChI is InChI=1S/C11H13IN2O/c1-2-15-11(7-13)14-8-9-3-5-10(12)6-4-9/h3-7,13H,2,8H2,1H3. The van der Waals surface area contributed by atoms with Gasteiger partial charge in [0.2, 0.25) is 5.90 Å². The van der Waals surface area contributed by atoms with E-state index in [1.54, 1.807) is 0 Å². The summed E-state index contributed by atoms with van der Waals surface area (Å²) < 4.78 is 6.35. The maximum absolute atomic E-state index is 7.08. The van der Waals surface area contributed by atoms with Gasteiger partial charge in [-0.25, -0.2) is 4.99 Å². The van der Waals surface area contributed by atoms with Gasteiger partial charge in [-0.1, -0.05) is 12.1 Å². The van der Waals surface area contributed by atoms with Gasteiger partial charge >= 0.3 is 0 Å². The smallest absolute Gasteiger partial charge is 0.227 e. The van der Waals surface area contributed by atoms with Crippen LogP contribution >= 0.6 is 22.6 Å². The van der Waals surface area contributed by atoms with Crippen molar-refractivity contribution < 1.29 is 4.74 Å². The molecule has 0 radical (unpaired) electrons. The second kappa shape index (κ2) is 6.55. The van der Waals surface area contributed by atoms with Crippen molar-refractivity contribution in [1.29, 1.82) is 5.41 Å². The van der Waals surface area contributed by atoms with Gasteiger partial charge in [0.1, 0.15) is 0 Å². The Morgan fingerprint density at radius 1 is 1.47 bits per heavy atom. The fourth-order valence-electron chi connectivity index (χ4n) is 1.04. The summed E-state index contributed by atoms with van der Waals surface area (Å²) in [5.41, 5.74) is 1.12. The Balaban J connectivity index is 2.61. The fourth-order valence-corrected chi connectivity index (χ4v) is 1.40. The molecule has 3 nitrogen and oxygen atoms in total. The lowest BCUT2D eigenvalue weighted by Gasteiger charge is -2.01. The van der Waals surface area contributed by atoms with Crippen molar-refractivity contribution in [2.45, 2.75) is 13.5 Å². The Labute approximate surface area is 103 Å². The first-order valence-electron chi connectivity index (χ1n) is 4.68. The Morgan fingerprint density at radius 3 is 2.67 bits per heavy atom. The first-order chi connectivity index (χ1) is 7.26. The SMILES string of the molecule is CCOC(C=N)=NCc1ccc(I)cc1. The molecular weight excluding hydrogens is 303 g/mol. The Kier molecular flexibility index (Phi) is 5.31. The van der Waals surface area contributed by atoms with Crippen molar-refractivity contribution in [1.82, 2.24) is 0 Å². The van der Waals surface area contributed by atoms with Gasteiger partial charge in [-0.2, -0.15) is 0 Å². The molecule has 0 aliphatic carbocycles. The lowest BCUT2D eigenvalue weighted by Crippen LogP contribution is -2.05. The molecule has 0 saturated heterocycles. The summed E-state index contributed by atoms with van der Waals surface area (Å²) in [7, 11) is 0. The molecule has 1 rings (SSSR count). The quantitative estimate of drug-likeness (QED) is 0.518. The van der Waals surface area contributed by atoms with Crippen molar-refractivity contribution >= 4 is 34.7 Å². The average molecular weight is 316 g/mol. The third kappa shape index (κ3) is 4.42. The molecule has 1 N–H and O–H groups in total. The summed E-state index contributed by atoms with van der Waals surface area (Å²) in [6.07, 6.45) is 1.14. The minimum atomic E-state index is 0.385. The first kappa shape index (κ1) is 12.2. The molecule has 1 aromatic rings. The minimum absolute atomic E-state index is 0.385. The molecule has 1 aromatic carbocycles. The molecule has 0 heterocycles. The highest BCUT2D eigenvalue weighted by Crippen LogP contribution is 2.07. The monoisotopic (exact) mass is 316 g/mol. The first-order valence-corrected chi connectivity index (χ1v) is 5.76. The summed E-state index contributed by atoms with van der Waals surface area (Å²) in [5.74, 6) is 0.385. The molecule has 0 fully saturated rings. The van der Waals surface area contributed by atoms with Gasteiger partial charge < -0.3 is 10.1 Å². The molecule has 0 aliphatic heterocycles. The number of benzene rings is 1. The third-order valence-corrected chi connectivity index (χ3v) is 2.47. The number of rotatable bonds is 4. The molecule has 4 heteroatoms. The highest BCUT2D eigenvalue weighted by atomic mass is 127. The van der Waals surface area contributed by atoms with E-state index in [-0.39, 0.29) is 0 Å². The van der Waals surface area contributed by atoms with E-state index in [0.717, 1.165) is 11.8 Å². The Hall–Kier alpha value is -0.910. The number of nitrogens with one attached hydrogen (secondary N) is 1. The van der Waals surface area contributed by atoms with Crippen LogP contribution in [0.2, 0.25) is 0 Å². The number of hydrogen-bond donors (Lipinski definition) is 1. The molecule has 0 unspecified atom stereocenters. The molecule has 0 saturated carbocycles. The van der Waals surface area contributed by atoms with E-state index in [1.807, 2.05) is 31.2 Å². The zero-order valence-corrected chi connectivity index (χ0v) is 10.7. The van der Waals surface area contributed by atoms with Crippen molar-refractivity contribution in [3.05, 3.63) is 33.4 Å². The van der Waals surface area contributed by atoms with Gasteiger partial charge in [-0.3, -0.25) is 0 Å². The molecule has 80 valence electrons. The van der Waals surface area contributed by atoms with E-state index in [0.29, 0.717) is 19.0 Å². The van der Waals surface area contributed by atoms with Crippen LogP contribution in [-0.2, 0) is 11.3 Å². The largest absolute Gasteiger partial charge is 0.477 e. The van der Waals surface area contributed by atoms with Crippen LogP contribution in [0, 0.1) is 8.98 Å². The van der Waals surface area contributed by atoms with Crippen LogP contribution in [0.4, 0.5) is 0 Å². The molecule has 15 heavy (non-hydrogen) atoms. The zero-order chi connectivity index (χ0) is 11.1. The number of hydrogen-bond acceptors (Lipinski definition) is 3. The van der Waals surface area contributed by atoms with Gasteiger partial charge in [0.05, 0.1) is 19.4 Å². The molecule has 0 atom stereocenters. The predicted octanol–water partition coefficient (Wildman–Crippen LogP) is 2.88. The van der Waals surface area contributed by atoms with Crippen LogP contribution < -0.4 is 0 Å². The zero-order valence-electron chi connectivity index (χ0n) is 8.53. The van der Waals surface area contributed by atoms with E-state index in [9.17, 15) is 0 Å². The predicted molar refractivity (Wildman–Crippen MR) is 70.7 cm³/mol. The summed E-state index contributed by atoms with van der Waals surface area (Å²) >= 11 is 2.26. The van der Waals surface area contributed by atoms with Gasteiger partial charge in [-0.15, -0.1) is 0 Å². The Bertz CT molecular complexity index is 346. The number of nitrogens with zero attached hydrogens (tertiary/aromatic N) is 1. The molecule has 0 aliphatic rings. The Morgan fingerprint density at radius 2 is 2.13 bits per heavy atom. The summed E-state index contributed by atoms with van der Waals surface area (Å²) in [6.45, 7) is 2.98. The summed E-state index contributed by atoms with van der Waals surface area (Å²) in [4.78, 5) is 4.18. The maximum Gasteiger partial charge on any atom is 0.227 e. The van der Waals surface area contributed by atoms with Crippen LogP contribution in [0.1, 0.15) is 12.5 Å². The van der Waals surface area contributed by atoms with Crippen LogP contribution in [0.15, 0.2) is 29.3 Å². The van der Waals surface area contributed by atoms with Crippen molar-refractivity contribution in [2.24, 2.45) is 4.99 Å². The van der Waals surface area contributed by atoms with Crippen LogP contribution in [0.3, 0.4) is 0 Å². The van der Waals surface area contributed by atoms with Crippen molar-refractivity contribution in [2.75, 3.05) is 6.61 Å². The van der Waals surface area contributed by atoms with E-state index < -0.39 is 0 Å². The molecule has 0 amide bonds. The van der Waals surface area contributed by atoms with E-state index in [1.165, 1.54) is 3.57 Å². The van der Waals surface area contributed by atoms with E-state index in [4.69, 9.17) is 10.1 Å². The van der Waals surface area contributed by atoms with Crippen molar-refractivity contribution in [3.63, 3.8) is 0 Å². The highest BCUT2D eigenvalue weighted by molar-refractivity contribution is 14.1. The number of aliphatic imine (C=N–C) groups is 1. The lowest BCUT2D eigenvalue weighted by atomic mass is 10.2. The topological polar surface area (TPSA) is 45.4 Å². The van der Waals surface area contributed by atoms with Crippen molar-refractivity contribution in [3.8, 4) is 0 Å². The average Bonchev–Trinajstić information content (AvgIpc) is 2.26. The molecule has 0 spiro atoms. The fraction of sp³-hybridized carbons (Fsp3) is 0.273. The van der Waals surface area contributed by atoms with Gasteiger partial charge in [0.15, 0.2) is 0 Å². The maximum atomic E-state index is 7.08. The third-order valence-electron chi connectivity index (χ3n) is 1.75. The second-order valence-corrected chi connectivity index (χ2v) is 4.10. The van der Waals surface area contributed by atoms with Crippen LogP contribution in [0.25, 0.3) is 0 Å². The summed E-state index contributed by atoms with van der Waals surface area (Å²) in [5, 5.41) is 7.08. The van der Waals surface area contributed by atoms with E-state index in [2.05, 4.69) is 27.6 Å². The number of ether oxygens (including phenoxy) is 1. The second-order valence-electron chi connectivity index (χ2n) is 2.86. The van der Waals surface area contributed by atoms with Gasteiger partial charge in [0, 0.05) is 3.57 Å². The van der Waals surface area contributed by atoms with Gasteiger partial charge in [0.25, 0.3) is 0 Å². The molecule has 0 bridgehead atoms. The lowest BCUT2D eigenvalue weighted by molar-refractivity contribution is 0.333. The highest BCUT2D eigenvalue weighted by Gasteiger charge is 1.95. The number of halogens is 1. The normalized spacial score (nSPS) is 11.2. The van der Waals surface area contributed by atoms with E-state index >= 15 is 0 Å². The minimum Gasteiger partial charge on any atom is -0.477 e. The molecule has 0 aromatic heterocycles.